The zero-order valence-corrected chi connectivity index (χ0v) is 18.1. The van der Waals surface area contributed by atoms with Crippen molar-refractivity contribution in [1.29, 1.82) is 0 Å². The molecule has 9 heteroatoms. The number of carbonyl (C=O) groups excluding carboxylic acids is 1. The average Bonchev–Trinajstić information content (AvgIpc) is 3.21. The number of alkyl halides is 3. The number of nitrogens with zero attached hydrogens (tertiary/aromatic N) is 2. The van der Waals surface area contributed by atoms with E-state index >= 15 is 0 Å². The average molecular weight is 449 g/mol. The second-order valence-corrected chi connectivity index (χ2v) is 7.88. The normalized spacial score (nSPS) is 15.8. The molecule has 6 nitrogen and oxygen atoms in total. The van der Waals surface area contributed by atoms with E-state index in [4.69, 9.17) is 9.57 Å². The van der Waals surface area contributed by atoms with Crippen molar-refractivity contribution < 1.29 is 27.5 Å². The number of ether oxygens (including phenoxy) is 1. The number of halogens is 3. The number of amides is 2. The molecule has 0 aromatic heterocycles. The Kier molecular flexibility index (Phi) is 7.27. The number of urea groups is 1. The molecule has 1 atom stereocenters. The van der Waals surface area contributed by atoms with E-state index in [1.807, 2.05) is 38.1 Å². The van der Waals surface area contributed by atoms with Gasteiger partial charge in [0.15, 0.2) is 6.10 Å². The summed E-state index contributed by atoms with van der Waals surface area (Å²) in [5.41, 5.74) is 1.25. The van der Waals surface area contributed by atoms with Gasteiger partial charge in [-0.1, -0.05) is 17.3 Å². The Bertz CT molecular complexity index is 959. The van der Waals surface area contributed by atoms with Crippen LogP contribution in [0.2, 0.25) is 0 Å². The summed E-state index contributed by atoms with van der Waals surface area (Å²) in [5.74, 6) is 0.724. The fourth-order valence-electron chi connectivity index (χ4n) is 3.35. The number of carbonyl (C=O) groups is 1. The van der Waals surface area contributed by atoms with Gasteiger partial charge >= 0.3 is 12.2 Å². The number of nitrogens with one attached hydrogen (secondary N) is 1. The summed E-state index contributed by atoms with van der Waals surface area (Å²) in [6.45, 7) is 3.83. The maximum Gasteiger partial charge on any atom is 0.416 e. The van der Waals surface area contributed by atoms with E-state index in [0.29, 0.717) is 12.0 Å². The van der Waals surface area contributed by atoms with Crippen LogP contribution in [0.1, 0.15) is 37.0 Å². The molecule has 1 aliphatic rings. The predicted octanol–water partition coefficient (Wildman–Crippen LogP) is 4.83. The molecule has 172 valence electrons. The van der Waals surface area contributed by atoms with Gasteiger partial charge < -0.3 is 19.8 Å². The minimum absolute atomic E-state index is 0.0141. The molecule has 1 aliphatic heterocycles. The highest BCUT2D eigenvalue weighted by atomic mass is 19.4. The highest BCUT2D eigenvalue weighted by Crippen LogP contribution is 2.30. The van der Waals surface area contributed by atoms with Crippen LogP contribution in [0.15, 0.2) is 53.7 Å². The topological polar surface area (TPSA) is 63.2 Å². The quantitative estimate of drug-likeness (QED) is 0.659. The Balaban J connectivity index is 1.71. The third-order valence-corrected chi connectivity index (χ3v) is 4.91. The molecule has 0 fully saturated rings. The zero-order chi connectivity index (χ0) is 23.3. The van der Waals surface area contributed by atoms with E-state index in [9.17, 15) is 18.0 Å². The second kappa shape index (κ2) is 9.93. The van der Waals surface area contributed by atoms with Crippen LogP contribution in [0, 0.1) is 0 Å². The first-order valence-electron chi connectivity index (χ1n) is 10.2. The lowest BCUT2D eigenvalue weighted by Gasteiger charge is -2.26. The first-order chi connectivity index (χ1) is 15.2. The van der Waals surface area contributed by atoms with Gasteiger partial charge in [-0.15, -0.1) is 0 Å². The molecular formula is C23H26F3N3O3. The molecule has 0 spiro atoms. The Morgan fingerprint density at radius 2 is 1.97 bits per heavy atom. The summed E-state index contributed by atoms with van der Waals surface area (Å²) in [6, 6.07) is 11.9. The van der Waals surface area contributed by atoms with Crippen LogP contribution in [0.4, 0.5) is 18.0 Å². The van der Waals surface area contributed by atoms with Gasteiger partial charge in [0.05, 0.1) is 24.9 Å². The van der Waals surface area contributed by atoms with Gasteiger partial charge in [0, 0.05) is 19.0 Å². The molecule has 0 radical (unpaired) electrons. The van der Waals surface area contributed by atoms with Gasteiger partial charge in [-0.2, -0.15) is 13.2 Å². The van der Waals surface area contributed by atoms with Crippen LogP contribution >= 0.6 is 0 Å². The van der Waals surface area contributed by atoms with Crippen LogP contribution in [0.5, 0.6) is 5.75 Å². The lowest BCUT2D eigenvalue weighted by atomic mass is 10.0. The third kappa shape index (κ3) is 6.15. The molecule has 0 unspecified atom stereocenters. The number of hydrogen-bond acceptors (Lipinski definition) is 4. The summed E-state index contributed by atoms with van der Waals surface area (Å²) in [4.78, 5) is 19.7. The van der Waals surface area contributed by atoms with Gasteiger partial charge in [0.1, 0.15) is 5.75 Å². The molecule has 3 rings (SSSR count). The number of methoxy groups -OCH3 is 1. The van der Waals surface area contributed by atoms with Crippen molar-refractivity contribution in [2.45, 2.75) is 45.1 Å². The molecule has 1 N–H and O–H groups in total. The minimum atomic E-state index is -4.45. The lowest BCUT2D eigenvalue weighted by Crippen LogP contribution is -2.45. The number of benzene rings is 2. The van der Waals surface area contributed by atoms with E-state index in [-0.39, 0.29) is 25.2 Å². The summed E-state index contributed by atoms with van der Waals surface area (Å²) < 4.78 is 44.4. The molecule has 2 aromatic rings. The highest BCUT2D eigenvalue weighted by molar-refractivity contribution is 6.01. The van der Waals surface area contributed by atoms with Crippen LogP contribution in [0.25, 0.3) is 0 Å². The standard InChI is InChI=1S/C23H26F3N3O3/c1-15(2)27-22(30)29(13-16-5-4-6-18(11-16)23(24,25)26)14-20-12-21(28-32-20)17-7-9-19(31-3)10-8-17/h4-11,15,20H,12-14H2,1-3H3,(H,27,30)/t20-/m0/s1. The predicted molar refractivity (Wildman–Crippen MR) is 115 cm³/mol. The van der Waals surface area contributed by atoms with Crippen LogP contribution < -0.4 is 10.1 Å². The Morgan fingerprint density at radius 1 is 1.25 bits per heavy atom. The van der Waals surface area contributed by atoms with Crippen LogP contribution in [-0.2, 0) is 17.6 Å². The van der Waals surface area contributed by atoms with Crippen molar-refractivity contribution in [3.05, 3.63) is 65.2 Å². The molecule has 2 aromatic carbocycles. The molecule has 1 heterocycles. The van der Waals surface area contributed by atoms with E-state index in [0.717, 1.165) is 29.2 Å². The fourth-order valence-corrected chi connectivity index (χ4v) is 3.35. The third-order valence-electron chi connectivity index (χ3n) is 4.91. The van der Waals surface area contributed by atoms with Crippen LogP contribution in [0.3, 0.4) is 0 Å². The maximum atomic E-state index is 13.1. The minimum Gasteiger partial charge on any atom is -0.497 e. The lowest BCUT2D eigenvalue weighted by molar-refractivity contribution is -0.137. The molecule has 32 heavy (non-hydrogen) atoms. The van der Waals surface area contributed by atoms with Crippen molar-refractivity contribution in [3.63, 3.8) is 0 Å². The molecule has 0 saturated carbocycles. The summed E-state index contributed by atoms with van der Waals surface area (Å²) in [5, 5.41) is 6.93. The number of oxime groups is 1. The first-order valence-corrected chi connectivity index (χ1v) is 10.2. The van der Waals surface area contributed by atoms with Crippen molar-refractivity contribution in [2.75, 3.05) is 13.7 Å². The van der Waals surface area contributed by atoms with Crippen molar-refractivity contribution in [1.82, 2.24) is 10.2 Å². The Hall–Kier alpha value is -3.23. The Morgan fingerprint density at radius 3 is 2.59 bits per heavy atom. The molecular weight excluding hydrogens is 423 g/mol. The van der Waals surface area contributed by atoms with E-state index in [1.165, 1.54) is 11.0 Å². The molecule has 2 amide bonds. The smallest absolute Gasteiger partial charge is 0.416 e. The number of rotatable bonds is 7. The van der Waals surface area contributed by atoms with E-state index in [2.05, 4.69) is 10.5 Å². The summed E-state index contributed by atoms with van der Waals surface area (Å²) >= 11 is 0. The molecule has 0 aliphatic carbocycles. The van der Waals surface area contributed by atoms with Gasteiger partial charge in [0.2, 0.25) is 0 Å². The largest absolute Gasteiger partial charge is 0.497 e. The number of hydrogen-bond donors (Lipinski definition) is 1. The molecule has 0 bridgehead atoms. The van der Waals surface area contributed by atoms with E-state index in [1.54, 1.807) is 13.2 Å². The molecule has 0 saturated heterocycles. The van der Waals surface area contributed by atoms with Gasteiger partial charge in [0.25, 0.3) is 0 Å². The van der Waals surface area contributed by atoms with Crippen molar-refractivity contribution in [3.8, 4) is 5.75 Å². The highest BCUT2D eigenvalue weighted by Gasteiger charge is 2.31. The second-order valence-electron chi connectivity index (χ2n) is 7.88. The van der Waals surface area contributed by atoms with Gasteiger partial charge in [-0.25, -0.2) is 4.79 Å². The summed E-state index contributed by atoms with van der Waals surface area (Å²) in [6.07, 6.45) is -4.38. The van der Waals surface area contributed by atoms with Crippen molar-refractivity contribution >= 4 is 11.7 Å². The zero-order valence-electron chi connectivity index (χ0n) is 18.1. The van der Waals surface area contributed by atoms with Crippen LogP contribution in [-0.4, -0.2) is 42.4 Å². The monoisotopic (exact) mass is 449 g/mol. The van der Waals surface area contributed by atoms with Gasteiger partial charge in [-0.05, 0) is 61.4 Å². The Labute approximate surface area is 185 Å². The fraction of sp³-hybridized carbons (Fsp3) is 0.391. The maximum absolute atomic E-state index is 13.1. The summed E-state index contributed by atoms with van der Waals surface area (Å²) in [7, 11) is 1.59. The van der Waals surface area contributed by atoms with E-state index < -0.39 is 17.8 Å². The van der Waals surface area contributed by atoms with Gasteiger partial charge in [-0.3, -0.25) is 0 Å². The first kappa shape index (κ1) is 23.4. The SMILES string of the molecule is COc1ccc(C2=NO[C@H](CN(Cc3cccc(C(F)(F)F)c3)C(=O)NC(C)C)C2)cc1. The van der Waals surface area contributed by atoms with Crippen molar-refractivity contribution in [2.24, 2.45) is 5.16 Å².